The maximum atomic E-state index is 12.9. The number of hydrogen-bond donors (Lipinski definition) is 1. The van der Waals surface area contributed by atoms with Gasteiger partial charge in [-0.2, -0.15) is 0 Å². The van der Waals surface area contributed by atoms with Gasteiger partial charge in [0, 0.05) is 17.7 Å². The molecule has 4 nitrogen and oxygen atoms in total. The Morgan fingerprint density at radius 1 is 1.18 bits per heavy atom. The van der Waals surface area contributed by atoms with E-state index < -0.39 is 6.10 Å². The average molecular weight is 319 g/mol. The summed E-state index contributed by atoms with van der Waals surface area (Å²) in [4.78, 5) is 0. The van der Waals surface area contributed by atoms with Gasteiger partial charge in [0.05, 0.1) is 6.10 Å². The Balaban J connectivity index is 1.46. The Hall–Kier alpha value is -1.40. The summed E-state index contributed by atoms with van der Waals surface area (Å²) in [5.41, 5.74) is 0.730. The summed E-state index contributed by atoms with van der Waals surface area (Å²) >= 11 is 1.53. The number of halogens is 1. The summed E-state index contributed by atoms with van der Waals surface area (Å²) in [5, 5.41) is 19.8. The molecule has 2 saturated carbocycles. The van der Waals surface area contributed by atoms with Gasteiger partial charge in [0.2, 0.25) is 0 Å². The normalized spacial score (nSPS) is 19.4. The molecular weight excluding hydrogens is 301 g/mol. The maximum absolute atomic E-state index is 12.9. The number of rotatable bonds is 6. The van der Waals surface area contributed by atoms with Crippen LogP contribution >= 0.6 is 11.8 Å². The molecule has 2 aromatic rings. The second-order valence-corrected chi connectivity index (χ2v) is 7.08. The second kappa shape index (κ2) is 5.66. The molecule has 0 bridgehead atoms. The van der Waals surface area contributed by atoms with E-state index >= 15 is 0 Å². The summed E-state index contributed by atoms with van der Waals surface area (Å²) in [6.07, 6.45) is 4.21. The number of hydrogen-bond acceptors (Lipinski definition) is 4. The van der Waals surface area contributed by atoms with E-state index in [-0.39, 0.29) is 5.82 Å². The van der Waals surface area contributed by atoms with Crippen molar-refractivity contribution in [1.82, 2.24) is 14.8 Å². The van der Waals surface area contributed by atoms with Gasteiger partial charge < -0.3 is 9.67 Å². The van der Waals surface area contributed by atoms with Gasteiger partial charge >= 0.3 is 0 Å². The van der Waals surface area contributed by atoms with Crippen LogP contribution in [-0.2, 0) is 0 Å². The van der Waals surface area contributed by atoms with Crippen molar-refractivity contribution in [2.45, 2.75) is 48.9 Å². The molecule has 1 aromatic carbocycles. The van der Waals surface area contributed by atoms with Crippen molar-refractivity contribution in [3.05, 3.63) is 41.5 Å². The molecule has 0 unspecified atom stereocenters. The van der Waals surface area contributed by atoms with Crippen molar-refractivity contribution < 1.29 is 9.50 Å². The minimum atomic E-state index is -0.626. The van der Waals surface area contributed by atoms with Gasteiger partial charge in [0.1, 0.15) is 11.6 Å². The van der Waals surface area contributed by atoms with E-state index in [0.717, 1.165) is 16.5 Å². The van der Waals surface area contributed by atoms with E-state index in [0.29, 0.717) is 17.7 Å². The number of nitrogens with zero attached hydrogens (tertiary/aromatic N) is 3. The van der Waals surface area contributed by atoms with Crippen LogP contribution in [0.2, 0.25) is 0 Å². The third-order valence-corrected chi connectivity index (χ3v) is 5.19. The zero-order chi connectivity index (χ0) is 15.1. The molecule has 1 aromatic heterocycles. The highest BCUT2D eigenvalue weighted by molar-refractivity contribution is 7.99. The van der Waals surface area contributed by atoms with Crippen LogP contribution in [0.15, 0.2) is 29.4 Å². The van der Waals surface area contributed by atoms with Crippen molar-refractivity contribution in [2.24, 2.45) is 0 Å². The fourth-order valence-electron chi connectivity index (χ4n) is 2.62. The van der Waals surface area contributed by atoms with Gasteiger partial charge in [0.15, 0.2) is 5.16 Å². The molecule has 1 atom stereocenters. The molecule has 22 heavy (non-hydrogen) atoms. The van der Waals surface area contributed by atoms with E-state index in [9.17, 15) is 9.50 Å². The summed E-state index contributed by atoms with van der Waals surface area (Å²) in [6.45, 7) is 0. The molecule has 0 aliphatic heterocycles. The van der Waals surface area contributed by atoms with E-state index in [2.05, 4.69) is 14.8 Å². The van der Waals surface area contributed by atoms with E-state index in [1.807, 2.05) is 0 Å². The Labute approximate surface area is 132 Å². The molecule has 0 radical (unpaired) electrons. The van der Waals surface area contributed by atoms with Crippen LogP contribution < -0.4 is 0 Å². The first-order chi connectivity index (χ1) is 10.7. The molecule has 2 aliphatic carbocycles. The topological polar surface area (TPSA) is 50.9 Å². The molecule has 6 heteroatoms. The van der Waals surface area contributed by atoms with E-state index in [1.165, 1.54) is 49.6 Å². The third kappa shape index (κ3) is 2.90. The lowest BCUT2D eigenvalue weighted by Crippen LogP contribution is -2.05. The van der Waals surface area contributed by atoms with Crippen molar-refractivity contribution >= 4 is 11.8 Å². The molecule has 0 amide bonds. The number of aliphatic hydroxyl groups is 1. The van der Waals surface area contributed by atoms with Crippen molar-refractivity contribution in [3.8, 4) is 0 Å². The molecule has 1 heterocycles. The van der Waals surface area contributed by atoms with Crippen LogP contribution in [0.5, 0.6) is 0 Å². The average Bonchev–Trinajstić information content (AvgIpc) is 3.44. The SMILES string of the molecule is O[C@H](CSc1nnc(C2CC2)n1C1CC1)c1ccc(F)cc1. The Morgan fingerprint density at radius 2 is 1.91 bits per heavy atom. The quantitative estimate of drug-likeness (QED) is 0.829. The van der Waals surface area contributed by atoms with Crippen LogP contribution in [0.3, 0.4) is 0 Å². The highest BCUT2D eigenvalue weighted by atomic mass is 32.2. The predicted octanol–water partition coefficient (Wildman–Crippen LogP) is 3.46. The summed E-state index contributed by atoms with van der Waals surface area (Å²) < 4.78 is 15.2. The van der Waals surface area contributed by atoms with Gasteiger partial charge in [-0.1, -0.05) is 23.9 Å². The lowest BCUT2D eigenvalue weighted by atomic mass is 10.1. The van der Waals surface area contributed by atoms with Crippen molar-refractivity contribution in [1.29, 1.82) is 0 Å². The Kier molecular flexibility index (Phi) is 3.66. The fourth-order valence-corrected chi connectivity index (χ4v) is 3.60. The maximum Gasteiger partial charge on any atom is 0.191 e. The first-order valence-electron chi connectivity index (χ1n) is 7.73. The van der Waals surface area contributed by atoms with Gasteiger partial charge in [-0.15, -0.1) is 10.2 Å². The number of benzene rings is 1. The summed E-state index contributed by atoms with van der Waals surface area (Å²) in [7, 11) is 0. The van der Waals surface area contributed by atoms with Crippen LogP contribution in [0.25, 0.3) is 0 Å². The highest BCUT2D eigenvalue weighted by Gasteiger charge is 2.36. The molecule has 0 spiro atoms. The number of aromatic nitrogens is 3. The molecule has 2 fully saturated rings. The molecule has 4 rings (SSSR count). The Morgan fingerprint density at radius 3 is 2.55 bits per heavy atom. The van der Waals surface area contributed by atoms with Crippen LogP contribution in [0, 0.1) is 5.82 Å². The van der Waals surface area contributed by atoms with Gasteiger partial charge in [-0.25, -0.2) is 4.39 Å². The third-order valence-electron chi connectivity index (χ3n) is 4.17. The van der Waals surface area contributed by atoms with Crippen molar-refractivity contribution in [2.75, 3.05) is 5.75 Å². The van der Waals surface area contributed by atoms with Crippen molar-refractivity contribution in [3.63, 3.8) is 0 Å². The monoisotopic (exact) mass is 319 g/mol. The van der Waals surface area contributed by atoms with Gasteiger partial charge in [0.25, 0.3) is 0 Å². The van der Waals surface area contributed by atoms with Gasteiger partial charge in [-0.3, -0.25) is 0 Å². The zero-order valence-corrected chi connectivity index (χ0v) is 13.0. The molecular formula is C16H18FN3OS. The minimum absolute atomic E-state index is 0.286. The summed E-state index contributed by atoms with van der Waals surface area (Å²) in [6, 6.07) is 6.56. The van der Waals surface area contributed by atoms with Crippen LogP contribution in [0.1, 0.15) is 55.1 Å². The predicted molar refractivity (Wildman–Crippen MR) is 82.4 cm³/mol. The zero-order valence-electron chi connectivity index (χ0n) is 12.2. The molecule has 2 aliphatic rings. The first kappa shape index (κ1) is 14.2. The molecule has 1 N–H and O–H groups in total. The second-order valence-electron chi connectivity index (χ2n) is 6.09. The van der Waals surface area contributed by atoms with E-state index in [1.54, 1.807) is 12.1 Å². The minimum Gasteiger partial charge on any atom is -0.388 e. The van der Waals surface area contributed by atoms with Crippen LogP contribution in [0.4, 0.5) is 4.39 Å². The first-order valence-corrected chi connectivity index (χ1v) is 8.72. The lowest BCUT2D eigenvalue weighted by molar-refractivity contribution is 0.204. The smallest absolute Gasteiger partial charge is 0.191 e. The molecule has 116 valence electrons. The standard InChI is InChI=1S/C16H18FN3OS/c17-12-5-3-10(4-6-12)14(21)9-22-16-19-18-15(11-1-2-11)20(16)13-7-8-13/h3-6,11,13-14,21H,1-2,7-9H2/t14-/m1/s1. The summed E-state index contributed by atoms with van der Waals surface area (Å²) in [5.74, 6) is 1.93. The number of aliphatic hydroxyl groups excluding tert-OH is 1. The lowest BCUT2D eigenvalue weighted by Gasteiger charge is -2.12. The number of thioether (sulfide) groups is 1. The highest BCUT2D eigenvalue weighted by Crippen LogP contribution is 2.46. The fraction of sp³-hybridized carbons (Fsp3) is 0.500. The van der Waals surface area contributed by atoms with Crippen LogP contribution in [-0.4, -0.2) is 25.6 Å². The molecule has 0 saturated heterocycles. The Bertz CT molecular complexity index is 665. The largest absolute Gasteiger partial charge is 0.388 e. The van der Waals surface area contributed by atoms with Gasteiger partial charge in [-0.05, 0) is 43.4 Å². The van der Waals surface area contributed by atoms with E-state index in [4.69, 9.17) is 0 Å².